The lowest BCUT2D eigenvalue weighted by Crippen LogP contribution is -2.11. The second kappa shape index (κ2) is 8.72. The van der Waals surface area contributed by atoms with Crippen molar-refractivity contribution >= 4 is 11.7 Å². The van der Waals surface area contributed by atoms with Crippen LogP contribution in [0.3, 0.4) is 0 Å². The van der Waals surface area contributed by atoms with Gasteiger partial charge in [-0.3, -0.25) is 0 Å². The highest BCUT2D eigenvalue weighted by molar-refractivity contribution is 5.92. The van der Waals surface area contributed by atoms with Gasteiger partial charge in [0.15, 0.2) is 0 Å². The van der Waals surface area contributed by atoms with Crippen LogP contribution in [0.15, 0.2) is 54.6 Å². The summed E-state index contributed by atoms with van der Waals surface area (Å²) >= 11 is 0. The van der Waals surface area contributed by atoms with Crippen molar-refractivity contribution < 1.29 is 14.3 Å². The maximum absolute atomic E-state index is 12.1. The molecule has 0 radical (unpaired) electrons. The molecule has 0 aliphatic heterocycles. The number of benzene rings is 2. The Hall–Kier alpha value is -2.49. The van der Waals surface area contributed by atoms with Crippen LogP contribution >= 0.6 is 0 Å². The Balaban J connectivity index is 1.74. The molecule has 0 saturated heterocycles. The lowest BCUT2D eigenvalue weighted by molar-refractivity contribution is 0.0499. The van der Waals surface area contributed by atoms with Gasteiger partial charge in [0, 0.05) is 12.2 Å². The van der Waals surface area contributed by atoms with E-state index < -0.39 is 0 Å². The van der Waals surface area contributed by atoms with E-state index in [-0.39, 0.29) is 5.97 Å². The number of hydrogen-bond donors (Lipinski definition) is 1. The Morgan fingerprint density at radius 1 is 1.05 bits per heavy atom. The molecule has 2 aromatic carbocycles. The molecule has 2 rings (SSSR count). The van der Waals surface area contributed by atoms with Gasteiger partial charge in [-0.25, -0.2) is 4.79 Å². The fourth-order valence-electron chi connectivity index (χ4n) is 2.02. The standard InChI is InChI=1S/C18H21NO3/c1-2-21-17-12-7-6-11-16(17)18(20)22-14-8-13-19-15-9-4-3-5-10-15/h3-7,9-12,19H,2,8,13-14H2,1H3. The highest BCUT2D eigenvalue weighted by Gasteiger charge is 2.12. The van der Waals surface area contributed by atoms with Crippen LogP contribution in [0.4, 0.5) is 5.69 Å². The minimum absolute atomic E-state index is 0.344. The number of nitrogens with one attached hydrogen (secondary N) is 1. The number of ether oxygens (including phenoxy) is 2. The predicted octanol–water partition coefficient (Wildman–Crippen LogP) is 3.74. The van der Waals surface area contributed by atoms with Gasteiger partial charge in [0.05, 0.1) is 13.2 Å². The molecule has 22 heavy (non-hydrogen) atoms. The molecule has 0 fully saturated rings. The van der Waals surface area contributed by atoms with Crippen LogP contribution in [0.1, 0.15) is 23.7 Å². The molecular formula is C18H21NO3. The summed E-state index contributed by atoms with van der Waals surface area (Å²) in [5.41, 5.74) is 1.54. The molecule has 0 unspecified atom stereocenters. The van der Waals surface area contributed by atoms with Crippen molar-refractivity contribution in [2.24, 2.45) is 0 Å². The number of carbonyl (C=O) groups excluding carboxylic acids is 1. The van der Waals surface area contributed by atoms with E-state index >= 15 is 0 Å². The summed E-state index contributed by atoms with van der Waals surface area (Å²) in [5, 5.41) is 3.27. The number of rotatable bonds is 8. The van der Waals surface area contributed by atoms with Crippen molar-refractivity contribution in [2.75, 3.05) is 25.1 Å². The number of hydrogen-bond acceptors (Lipinski definition) is 4. The fraction of sp³-hybridized carbons (Fsp3) is 0.278. The molecule has 0 amide bonds. The van der Waals surface area contributed by atoms with Crippen molar-refractivity contribution in [3.63, 3.8) is 0 Å². The summed E-state index contributed by atoms with van der Waals surface area (Å²) in [7, 11) is 0. The molecular weight excluding hydrogens is 278 g/mol. The summed E-state index contributed by atoms with van der Waals surface area (Å²) in [6, 6.07) is 17.1. The van der Waals surface area contributed by atoms with Gasteiger partial charge in [0.25, 0.3) is 0 Å². The lowest BCUT2D eigenvalue weighted by Gasteiger charge is -2.10. The van der Waals surface area contributed by atoms with E-state index in [4.69, 9.17) is 9.47 Å². The molecule has 0 atom stereocenters. The Bertz CT molecular complexity index is 584. The van der Waals surface area contributed by atoms with Gasteiger partial charge in [0.1, 0.15) is 11.3 Å². The SMILES string of the molecule is CCOc1ccccc1C(=O)OCCCNc1ccccc1. The predicted molar refractivity (Wildman–Crippen MR) is 87.4 cm³/mol. The molecule has 0 aromatic heterocycles. The minimum Gasteiger partial charge on any atom is -0.493 e. The monoisotopic (exact) mass is 299 g/mol. The van der Waals surface area contributed by atoms with Crippen LogP contribution in [-0.2, 0) is 4.74 Å². The van der Waals surface area contributed by atoms with E-state index in [1.807, 2.05) is 43.3 Å². The molecule has 0 saturated carbocycles. The smallest absolute Gasteiger partial charge is 0.341 e. The first-order valence-electron chi connectivity index (χ1n) is 7.49. The Morgan fingerprint density at radius 3 is 2.55 bits per heavy atom. The molecule has 0 aliphatic carbocycles. The molecule has 0 spiro atoms. The molecule has 2 aromatic rings. The van der Waals surface area contributed by atoms with E-state index in [1.165, 1.54) is 0 Å². The molecule has 4 heteroatoms. The Morgan fingerprint density at radius 2 is 1.77 bits per heavy atom. The van der Waals surface area contributed by atoms with Gasteiger partial charge in [-0.05, 0) is 37.6 Å². The van der Waals surface area contributed by atoms with Crippen molar-refractivity contribution in [1.29, 1.82) is 0 Å². The number of para-hydroxylation sites is 2. The molecule has 0 bridgehead atoms. The third-order valence-electron chi connectivity index (χ3n) is 3.06. The maximum atomic E-state index is 12.1. The summed E-state index contributed by atoms with van der Waals surface area (Å²) in [6.07, 6.45) is 0.747. The topological polar surface area (TPSA) is 47.6 Å². The summed E-state index contributed by atoms with van der Waals surface area (Å²) < 4.78 is 10.7. The summed E-state index contributed by atoms with van der Waals surface area (Å²) in [4.78, 5) is 12.1. The zero-order valence-corrected chi connectivity index (χ0v) is 12.7. The Labute approximate surface area is 131 Å². The van der Waals surface area contributed by atoms with Gasteiger partial charge < -0.3 is 14.8 Å². The Kier molecular flexibility index (Phi) is 6.30. The zero-order valence-electron chi connectivity index (χ0n) is 12.7. The van der Waals surface area contributed by atoms with E-state index in [9.17, 15) is 4.79 Å². The second-order valence-electron chi connectivity index (χ2n) is 4.71. The first-order valence-corrected chi connectivity index (χ1v) is 7.49. The van der Waals surface area contributed by atoms with Crippen LogP contribution in [0.5, 0.6) is 5.75 Å². The third-order valence-corrected chi connectivity index (χ3v) is 3.06. The van der Waals surface area contributed by atoms with E-state index in [1.54, 1.807) is 18.2 Å². The van der Waals surface area contributed by atoms with Crippen LogP contribution in [-0.4, -0.2) is 25.7 Å². The first-order chi connectivity index (χ1) is 10.8. The van der Waals surface area contributed by atoms with Crippen molar-refractivity contribution in [3.05, 3.63) is 60.2 Å². The van der Waals surface area contributed by atoms with E-state index in [2.05, 4.69) is 5.32 Å². The average molecular weight is 299 g/mol. The van der Waals surface area contributed by atoms with Crippen molar-refractivity contribution in [1.82, 2.24) is 0 Å². The molecule has 1 N–H and O–H groups in total. The quantitative estimate of drug-likeness (QED) is 0.596. The number of anilines is 1. The van der Waals surface area contributed by atoms with Crippen LogP contribution in [0.2, 0.25) is 0 Å². The van der Waals surface area contributed by atoms with Gasteiger partial charge in [-0.1, -0.05) is 30.3 Å². The summed E-state index contributed by atoms with van der Waals surface area (Å²) in [6.45, 7) is 3.53. The molecule has 116 valence electrons. The van der Waals surface area contributed by atoms with Crippen LogP contribution in [0, 0.1) is 0 Å². The van der Waals surface area contributed by atoms with Gasteiger partial charge >= 0.3 is 5.97 Å². The highest BCUT2D eigenvalue weighted by atomic mass is 16.5. The van der Waals surface area contributed by atoms with E-state index in [0.29, 0.717) is 24.5 Å². The molecule has 0 heterocycles. The molecule has 0 aliphatic rings. The largest absolute Gasteiger partial charge is 0.493 e. The summed E-state index contributed by atoms with van der Waals surface area (Å²) in [5.74, 6) is 0.223. The third kappa shape index (κ3) is 4.81. The van der Waals surface area contributed by atoms with Gasteiger partial charge in [-0.2, -0.15) is 0 Å². The zero-order chi connectivity index (χ0) is 15.6. The van der Waals surface area contributed by atoms with Gasteiger partial charge in [0.2, 0.25) is 0 Å². The molecule has 4 nitrogen and oxygen atoms in total. The first kappa shape index (κ1) is 15.9. The normalized spacial score (nSPS) is 10.0. The average Bonchev–Trinajstić information content (AvgIpc) is 2.56. The van der Waals surface area contributed by atoms with Crippen LogP contribution < -0.4 is 10.1 Å². The fourth-order valence-corrected chi connectivity index (χ4v) is 2.02. The highest BCUT2D eigenvalue weighted by Crippen LogP contribution is 2.18. The minimum atomic E-state index is -0.344. The van der Waals surface area contributed by atoms with Crippen molar-refractivity contribution in [2.45, 2.75) is 13.3 Å². The van der Waals surface area contributed by atoms with E-state index in [0.717, 1.165) is 18.7 Å². The maximum Gasteiger partial charge on any atom is 0.341 e. The second-order valence-corrected chi connectivity index (χ2v) is 4.71. The van der Waals surface area contributed by atoms with Crippen LogP contribution in [0.25, 0.3) is 0 Å². The van der Waals surface area contributed by atoms with Gasteiger partial charge in [-0.15, -0.1) is 0 Å². The van der Waals surface area contributed by atoms with Crippen molar-refractivity contribution in [3.8, 4) is 5.75 Å². The lowest BCUT2D eigenvalue weighted by atomic mass is 10.2. The number of esters is 1. The number of carbonyl (C=O) groups is 1.